The quantitative estimate of drug-likeness (QED) is 0.736. The molecule has 0 saturated heterocycles. The van der Waals surface area contributed by atoms with Gasteiger partial charge in [0, 0.05) is 12.3 Å². The highest BCUT2D eigenvalue weighted by Crippen LogP contribution is 2.12. The summed E-state index contributed by atoms with van der Waals surface area (Å²) in [5.41, 5.74) is 3.74. The van der Waals surface area contributed by atoms with Crippen LogP contribution in [0.3, 0.4) is 0 Å². The van der Waals surface area contributed by atoms with Gasteiger partial charge in [-0.3, -0.25) is 15.6 Å². The first-order valence-electron chi connectivity index (χ1n) is 4.84. The summed E-state index contributed by atoms with van der Waals surface area (Å²) in [6.45, 7) is 3.02. The molecule has 90 valence electrons. The Kier molecular flexibility index (Phi) is 3.82. The topological polar surface area (TPSA) is 99.9 Å². The zero-order valence-electron chi connectivity index (χ0n) is 9.81. The van der Waals surface area contributed by atoms with Gasteiger partial charge in [-0.1, -0.05) is 0 Å². The molecule has 17 heavy (non-hydrogen) atoms. The van der Waals surface area contributed by atoms with Crippen molar-refractivity contribution < 1.29 is 9.53 Å². The molecule has 7 nitrogen and oxygen atoms in total. The molecule has 1 rings (SSSR count). The van der Waals surface area contributed by atoms with E-state index in [1.54, 1.807) is 6.07 Å². The average molecular weight is 235 g/mol. The number of ether oxygens (including phenoxy) is 1. The van der Waals surface area contributed by atoms with E-state index in [1.165, 1.54) is 27.2 Å². The van der Waals surface area contributed by atoms with Crippen LogP contribution < -0.4 is 15.6 Å². The molecule has 0 radical (unpaired) electrons. The Morgan fingerprint density at radius 1 is 1.59 bits per heavy atom. The summed E-state index contributed by atoms with van der Waals surface area (Å²) in [7, 11) is 1.48. The molecule has 0 aliphatic carbocycles. The van der Waals surface area contributed by atoms with Crippen molar-refractivity contribution in [2.24, 2.45) is 5.41 Å². The number of aromatic nitrogens is 2. The number of hydrogen-bond donors (Lipinski definition) is 2. The summed E-state index contributed by atoms with van der Waals surface area (Å²) >= 11 is 0. The van der Waals surface area contributed by atoms with E-state index in [0.29, 0.717) is 5.88 Å². The molecule has 1 aromatic rings. The van der Waals surface area contributed by atoms with Gasteiger partial charge in [0.2, 0.25) is 11.8 Å². The Bertz CT molecular complexity index is 452. The van der Waals surface area contributed by atoms with E-state index in [2.05, 4.69) is 20.8 Å². The second-order valence-corrected chi connectivity index (χ2v) is 3.74. The molecule has 0 saturated carbocycles. The van der Waals surface area contributed by atoms with Crippen LogP contribution in [0.1, 0.15) is 13.8 Å². The van der Waals surface area contributed by atoms with E-state index >= 15 is 0 Å². The van der Waals surface area contributed by atoms with Crippen molar-refractivity contribution in [1.29, 1.82) is 5.26 Å². The fraction of sp³-hybridized carbons (Fsp3) is 0.400. The van der Waals surface area contributed by atoms with E-state index in [1.807, 2.05) is 6.07 Å². The highest BCUT2D eigenvalue weighted by Gasteiger charge is 2.27. The minimum atomic E-state index is -1.12. The van der Waals surface area contributed by atoms with Crippen molar-refractivity contribution in [3.63, 3.8) is 0 Å². The first-order chi connectivity index (χ1) is 7.99. The number of amides is 1. The maximum Gasteiger partial charge on any atom is 0.258 e. The Labute approximate surface area is 98.8 Å². The van der Waals surface area contributed by atoms with Gasteiger partial charge in [-0.15, -0.1) is 0 Å². The number of methoxy groups -OCH3 is 1. The van der Waals surface area contributed by atoms with E-state index in [0.717, 1.165) is 0 Å². The van der Waals surface area contributed by atoms with Gasteiger partial charge in [0.25, 0.3) is 5.91 Å². The van der Waals surface area contributed by atoms with Gasteiger partial charge >= 0.3 is 0 Å². The third kappa shape index (κ3) is 3.31. The maximum absolute atomic E-state index is 11.5. The van der Waals surface area contributed by atoms with E-state index in [4.69, 9.17) is 10.00 Å². The lowest BCUT2D eigenvalue weighted by atomic mass is 9.95. The number of hydrazine groups is 1. The van der Waals surface area contributed by atoms with Crippen LogP contribution in [-0.2, 0) is 4.79 Å². The molecule has 2 N–H and O–H groups in total. The molecule has 0 atom stereocenters. The minimum absolute atomic E-state index is 0.187. The number of nitrogens with zero attached hydrogens (tertiary/aromatic N) is 3. The van der Waals surface area contributed by atoms with Crippen molar-refractivity contribution in [2.45, 2.75) is 13.8 Å². The van der Waals surface area contributed by atoms with Crippen LogP contribution in [0, 0.1) is 16.7 Å². The standard InChI is InChI=1S/C10H13N5O2/c1-10(2,6-11)8(16)14-15-9-12-5-4-7(13-9)17-3/h4-5H,1-3H3,(H,14,16)(H,12,13,15). The van der Waals surface area contributed by atoms with Gasteiger partial charge in [-0.25, -0.2) is 4.98 Å². The summed E-state index contributed by atoms with van der Waals surface area (Å²) in [5, 5.41) is 8.75. The first-order valence-corrected chi connectivity index (χ1v) is 4.84. The minimum Gasteiger partial charge on any atom is -0.481 e. The molecule has 0 bridgehead atoms. The second-order valence-electron chi connectivity index (χ2n) is 3.74. The lowest BCUT2D eigenvalue weighted by Gasteiger charge is -2.15. The van der Waals surface area contributed by atoms with Crippen molar-refractivity contribution >= 4 is 11.9 Å². The molecular weight excluding hydrogens is 222 g/mol. The van der Waals surface area contributed by atoms with Gasteiger partial charge in [-0.2, -0.15) is 10.2 Å². The van der Waals surface area contributed by atoms with Crippen LogP contribution in [0.2, 0.25) is 0 Å². The monoisotopic (exact) mass is 235 g/mol. The highest BCUT2D eigenvalue weighted by molar-refractivity contribution is 5.85. The molecular formula is C10H13N5O2. The largest absolute Gasteiger partial charge is 0.481 e. The van der Waals surface area contributed by atoms with Crippen LogP contribution >= 0.6 is 0 Å². The normalized spacial score (nSPS) is 10.2. The predicted octanol–water partition coefficient (Wildman–Crippen LogP) is 0.478. The summed E-state index contributed by atoms with van der Waals surface area (Å²) < 4.78 is 4.89. The molecule has 1 aromatic heterocycles. The zero-order valence-corrected chi connectivity index (χ0v) is 9.81. The van der Waals surface area contributed by atoms with Crippen LogP contribution in [0.5, 0.6) is 5.88 Å². The average Bonchev–Trinajstić information content (AvgIpc) is 2.36. The van der Waals surface area contributed by atoms with E-state index in [9.17, 15) is 4.79 Å². The maximum atomic E-state index is 11.5. The number of carbonyl (C=O) groups is 1. The highest BCUT2D eigenvalue weighted by atomic mass is 16.5. The summed E-state index contributed by atoms with van der Waals surface area (Å²) in [6.07, 6.45) is 1.48. The fourth-order valence-electron chi connectivity index (χ4n) is 0.836. The van der Waals surface area contributed by atoms with Gasteiger partial charge in [-0.05, 0) is 13.8 Å². The predicted molar refractivity (Wildman–Crippen MR) is 59.7 cm³/mol. The Morgan fingerprint density at radius 3 is 2.88 bits per heavy atom. The molecule has 0 aromatic carbocycles. The summed E-state index contributed by atoms with van der Waals surface area (Å²) in [4.78, 5) is 19.3. The Balaban J connectivity index is 2.62. The lowest BCUT2D eigenvalue weighted by molar-refractivity contribution is -0.126. The molecule has 1 amide bonds. The number of anilines is 1. The fourth-order valence-corrected chi connectivity index (χ4v) is 0.836. The van der Waals surface area contributed by atoms with Crippen LogP contribution in [0.4, 0.5) is 5.95 Å². The van der Waals surface area contributed by atoms with Crippen molar-refractivity contribution in [3.8, 4) is 11.9 Å². The molecule has 1 heterocycles. The number of nitriles is 1. The van der Waals surface area contributed by atoms with E-state index in [-0.39, 0.29) is 5.95 Å². The van der Waals surface area contributed by atoms with Gasteiger partial charge < -0.3 is 4.74 Å². The Morgan fingerprint density at radius 2 is 2.29 bits per heavy atom. The van der Waals surface area contributed by atoms with Crippen LogP contribution in [0.25, 0.3) is 0 Å². The molecule has 0 spiro atoms. The SMILES string of the molecule is COc1ccnc(NNC(=O)C(C)(C)C#N)n1. The number of nitrogens with one attached hydrogen (secondary N) is 2. The molecule has 7 heteroatoms. The van der Waals surface area contributed by atoms with Gasteiger partial charge in [0.15, 0.2) is 0 Å². The Hall–Kier alpha value is -2.36. The van der Waals surface area contributed by atoms with Crippen molar-refractivity contribution in [3.05, 3.63) is 12.3 Å². The zero-order chi connectivity index (χ0) is 12.9. The van der Waals surface area contributed by atoms with Crippen LogP contribution in [-0.4, -0.2) is 23.0 Å². The molecule has 0 aliphatic rings. The smallest absolute Gasteiger partial charge is 0.258 e. The molecule has 0 unspecified atom stereocenters. The molecule has 0 fully saturated rings. The van der Waals surface area contributed by atoms with Crippen molar-refractivity contribution in [2.75, 3.05) is 12.5 Å². The van der Waals surface area contributed by atoms with Gasteiger partial charge in [0.1, 0.15) is 5.41 Å². The number of hydrogen-bond acceptors (Lipinski definition) is 6. The second kappa shape index (κ2) is 5.12. The first kappa shape index (κ1) is 12.7. The van der Waals surface area contributed by atoms with Crippen LogP contribution in [0.15, 0.2) is 12.3 Å². The number of rotatable bonds is 4. The third-order valence-corrected chi connectivity index (χ3v) is 1.97. The summed E-state index contributed by atoms with van der Waals surface area (Å²) in [5.74, 6) is 0.0918. The molecule has 0 aliphatic heterocycles. The van der Waals surface area contributed by atoms with Gasteiger partial charge in [0.05, 0.1) is 13.2 Å². The van der Waals surface area contributed by atoms with E-state index < -0.39 is 11.3 Å². The number of carbonyl (C=O) groups excluding carboxylic acids is 1. The third-order valence-electron chi connectivity index (χ3n) is 1.97. The van der Waals surface area contributed by atoms with Crippen molar-refractivity contribution in [1.82, 2.24) is 15.4 Å². The summed E-state index contributed by atoms with van der Waals surface area (Å²) in [6, 6.07) is 3.46. The lowest BCUT2D eigenvalue weighted by Crippen LogP contribution is -2.39.